The fourth-order valence-electron chi connectivity index (χ4n) is 3.95. The van der Waals surface area contributed by atoms with Crippen molar-refractivity contribution in [1.29, 1.82) is 5.41 Å². The van der Waals surface area contributed by atoms with Crippen LogP contribution in [0.2, 0.25) is 0 Å². The van der Waals surface area contributed by atoms with E-state index in [4.69, 9.17) is 10.1 Å². The van der Waals surface area contributed by atoms with Crippen LogP contribution in [0.5, 0.6) is 5.75 Å². The number of amides is 1. The molecule has 0 aliphatic carbocycles. The van der Waals surface area contributed by atoms with E-state index in [-0.39, 0.29) is 12.5 Å². The number of hydrogen-bond acceptors (Lipinski definition) is 4. The van der Waals surface area contributed by atoms with Crippen LogP contribution in [0.25, 0.3) is 10.8 Å². The highest BCUT2D eigenvalue weighted by Crippen LogP contribution is 2.28. The van der Waals surface area contributed by atoms with Crippen molar-refractivity contribution in [2.24, 2.45) is 0 Å². The molecular formula is C29H29N3O2. The summed E-state index contributed by atoms with van der Waals surface area (Å²) in [5, 5.41) is 9.46. The van der Waals surface area contributed by atoms with Gasteiger partial charge >= 0.3 is 0 Å². The summed E-state index contributed by atoms with van der Waals surface area (Å²) < 4.78 is 6.01. The Bertz CT molecular complexity index is 1270. The molecule has 0 saturated heterocycles. The molecular weight excluding hydrogens is 422 g/mol. The van der Waals surface area contributed by atoms with Crippen molar-refractivity contribution >= 4 is 22.9 Å². The van der Waals surface area contributed by atoms with Crippen LogP contribution < -0.4 is 4.74 Å². The lowest BCUT2D eigenvalue weighted by Gasteiger charge is -2.23. The van der Waals surface area contributed by atoms with Gasteiger partial charge in [0.2, 0.25) is 0 Å². The zero-order valence-electron chi connectivity index (χ0n) is 19.6. The quantitative estimate of drug-likeness (QED) is 0.319. The normalized spacial score (nSPS) is 10.9. The highest BCUT2D eigenvalue weighted by atomic mass is 16.5. The molecule has 0 unspecified atom stereocenters. The number of hydrogen-bond donors (Lipinski definition) is 1. The van der Waals surface area contributed by atoms with Crippen molar-refractivity contribution in [2.75, 3.05) is 6.61 Å². The number of rotatable bonds is 9. The Morgan fingerprint density at radius 3 is 2.35 bits per heavy atom. The molecule has 0 fully saturated rings. The molecule has 1 N–H and O–H groups in total. The minimum Gasteiger partial charge on any atom is -0.483 e. The minimum absolute atomic E-state index is 0.0712. The number of aromatic nitrogens is 1. The van der Waals surface area contributed by atoms with Crippen molar-refractivity contribution in [3.05, 3.63) is 107 Å². The number of benzene rings is 3. The van der Waals surface area contributed by atoms with Crippen molar-refractivity contribution in [3.8, 4) is 5.75 Å². The van der Waals surface area contributed by atoms with Gasteiger partial charge in [-0.05, 0) is 46.2 Å². The van der Waals surface area contributed by atoms with Gasteiger partial charge in [-0.3, -0.25) is 9.78 Å². The van der Waals surface area contributed by atoms with Gasteiger partial charge in [-0.15, -0.1) is 0 Å². The van der Waals surface area contributed by atoms with Gasteiger partial charge < -0.3 is 15.0 Å². The van der Waals surface area contributed by atoms with E-state index < -0.39 is 0 Å². The SMILES string of the molecule is CC(C)c1ccc(CN(Cc2cccnc2)C(=O)COc2ccc(C=N)c3ccccc23)cc1. The number of fused-ring (bicyclic) bond motifs is 1. The standard InChI is InChI=1S/C29H29N3O2/c1-21(2)24-11-9-22(10-12-24)18-32(19-23-6-5-15-31-17-23)29(33)20-34-28-14-13-25(16-30)26-7-3-4-8-27(26)28/h3-17,21,30H,18-20H2,1-2H3. The Morgan fingerprint density at radius 1 is 0.941 bits per heavy atom. The first kappa shape index (κ1) is 23.2. The average Bonchev–Trinajstić information content (AvgIpc) is 2.87. The summed E-state index contributed by atoms with van der Waals surface area (Å²) in [7, 11) is 0. The summed E-state index contributed by atoms with van der Waals surface area (Å²) in [5.74, 6) is 0.999. The molecule has 0 saturated carbocycles. The third-order valence-corrected chi connectivity index (χ3v) is 5.89. The van der Waals surface area contributed by atoms with Crippen LogP contribution in [0.15, 0.2) is 85.2 Å². The van der Waals surface area contributed by atoms with Gasteiger partial charge in [0, 0.05) is 42.6 Å². The summed E-state index contributed by atoms with van der Waals surface area (Å²) in [4.78, 5) is 19.3. The maximum absolute atomic E-state index is 13.3. The van der Waals surface area contributed by atoms with E-state index in [1.165, 1.54) is 11.8 Å². The number of carbonyl (C=O) groups excluding carboxylic acids is 1. The summed E-state index contributed by atoms with van der Waals surface area (Å²) in [6.07, 6.45) is 4.84. The van der Waals surface area contributed by atoms with Crippen molar-refractivity contribution in [1.82, 2.24) is 9.88 Å². The monoisotopic (exact) mass is 451 g/mol. The van der Waals surface area contributed by atoms with E-state index in [1.54, 1.807) is 17.3 Å². The molecule has 5 heteroatoms. The van der Waals surface area contributed by atoms with Gasteiger partial charge in [-0.1, -0.05) is 68.4 Å². The number of pyridine rings is 1. The minimum atomic E-state index is -0.1000. The van der Waals surface area contributed by atoms with Crippen molar-refractivity contribution in [3.63, 3.8) is 0 Å². The number of ether oxygens (including phenoxy) is 1. The predicted molar refractivity (Wildman–Crippen MR) is 136 cm³/mol. The van der Waals surface area contributed by atoms with Crippen LogP contribution >= 0.6 is 0 Å². The largest absolute Gasteiger partial charge is 0.483 e. The summed E-state index contributed by atoms with van der Waals surface area (Å²) >= 11 is 0. The molecule has 5 nitrogen and oxygen atoms in total. The topological polar surface area (TPSA) is 66.3 Å². The van der Waals surface area contributed by atoms with Crippen LogP contribution in [-0.2, 0) is 17.9 Å². The van der Waals surface area contributed by atoms with E-state index in [0.717, 1.165) is 27.5 Å². The predicted octanol–water partition coefficient (Wildman–Crippen LogP) is 5.96. The van der Waals surface area contributed by atoms with Gasteiger partial charge in [0.15, 0.2) is 6.61 Å². The van der Waals surface area contributed by atoms with Gasteiger partial charge in [0.25, 0.3) is 5.91 Å². The summed E-state index contributed by atoms with van der Waals surface area (Å²) in [6, 6.07) is 23.7. The van der Waals surface area contributed by atoms with Gasteiger partial charge in [0.05, 0.1) is 0 Å². The van der Waals surface area contributed by atoms with E-state index in [9.17, 15) is 4.79 Å². The molecule has 0 aliphatic heterocycles. The van der Waals surface area contributed by atoms with E-state index in [1.807, 2.05) is 48.5 Å². The molecule has 1 amide bonds. The van der Waals surface area contributed by atoms with E-state index in [0.29, 0.717) is 24.8 Å². The first-order valence-corrected chi connectivity index (χ1v) is 11.5. The van der Waals surface area contributed by atoms with Crippen LogP contribution in [-0.4, -0.2) is 28.6 Å². The molecule has 4 aromatic rings. The second kappa shape index (κ2) is 10.8. The Labute approximate surface area is 200 Å². The maximum atomic E-state index is 13.3. The first-order valence-electron chi connectivity index (χ1n) is 11.5. The highest BCUT2D eigenvalue weighted by molar-refractivity contribution is 6.01. The molecule has 1 heterocycles. The molecule has 0 spiro atoms. The van der Waals surface area contributed by atoms with E-state index >= 15 is 0 Å². The zero-order chi connectivity index (χ0) is 23.9. The maximum Gasteiger partial charge on any atom is 0.261 e. The number of nitrogens with zero attached hydrogens (tertiary/aromatic N) is 2. The Balaban J connectivity index is 1.53. The Kier molecular flexibility index (Phi) is 7.33. The molecule has 4 rings (SSSR count). The Morgan fingerprint density at radius 2 is 1.68 bits per heavy atom. The summed E-state index contributed by atoms with van der Waals surface area (Å²) in [5.41, 5.74) is 4.13. The third-order valence-electron chi connectivity index (χ3n) is 5.89. The molecule has 3 aromatic carbocycles. The van der Waals surface area contributed by atoms with Crippen LogP contribution in [0.4, 0.5) is 0 Å². The molecule has 0 atom stereocenters. The Hall–Kier alpha value is -3.99. The fraction of sp³-hybridized carbons (Fsp3) is 0.207. The molecule has 172 valence electrons. The fourth-order valence-corrected chi connectivity index (χ4v) is 3.95. The lowest BCUT2D eigenvalue weighted by Crippen LogP contribution is -2.34. The molecule has 0 aliphatic rings. The summed E-state index contributed by atoms with van der Waals surface area (Å²) in [6.45, 7) is 5.21. The van der Waals surface area contributed by atoms with Gasteiger partial charge in [-0.2, -0.15) is 0 Å². The smallest absolute Gasteiger partial charge is 0.261 e. The molecule has 1 aromatic heterocycles. The molecule has 0 radical (unpaired) electrons. The van der Waals surface area contributed by atoms with Crippen molar-refractivity contribution < 1.29 is 9.53 Å². The average molecular weight is 452 g/mol. The molecule has 34 heavy (non-hydrogen) atoms. The van der Waals surface area contributed by atoms with Crippen LogP contribution in [0.1, 0.15) is 42.0 Å². The molecule has 0 bridgehead atoms. The zero-order valence-corrected chi connectivity index (χ0v) is 19.6. The van der Waals surface area contributed by atoms with Crippen molar-refractivity contribution in [2.45, 2.75) is 32.9 Å². The van der Waals surface area contributed by atoms with E-state index in [2.05, 4.69) is 43.1 Å². The van der Waals surface area contributed by atoms with Crippen LogP contribution in [0.3, 0.4) is 0 Å². The lowest BCUT2D eigenvalue weighted by molar-refractivity contribution is -0.134. The lowest BCUT2D eigenvalue weighted by atomic mass is 10.0. The highest BCUT2D eigenvalue weighted by Gasteiger charge is 2.17. The first-order chi connectivity index (χ1) is 16.5. The van der Waals surface area contributed by atoms with Gasteiger partial charge in [0.1, 0.15) is 5.75 Å². The van der Waals surface area contributed by atoms with Crippen LogP contribution in [0, 0.1) is 5.41 Å². The second-order valence-corrected chi connectivity index (χ2v) is 8.64. The number of carbonyl (C=O) groups is 1. The number of nitrogens with one attached hydrogen (secondary N) is 1. The third kappa shape index (κ3) is 5.49. The van der Waals surface area contributed by atoms with Gasteiger partial charge in [-0.25, -0.2) is 0 Å². The second-order valence-electron chi connectivity index (χ2n) is 8.64.